The number of nitrogens with zero attached hydrogens (tertiary/aromatic N) is 3. The van der Waals surface area contributed by atoms with Gasteiger partial charge in [0.15, 0.2) is 6.61 Å². The molecule has 0 aliphatic rings. The summed E-state index contributed by atoms with van der Waals surface area (Å²) >= 11 is 6.83. The molecular formula is C22H21Br2N3O4. The van der Waals surface area contributed by atoms with Crippen LogP contribution in [0, 0.1) is 0 Å². The van der Waals surface area contributed by atoms with E-state index in [2.05, 4.69) is 41.9 Å². The predicted octanol–water partition coefficient (Wildman–Crippen LogP) is 4.87. The maximum Gasteiger partial charge on any atom is 0.344 e. The first-order valence-corrected chi connectivity index (χ1v) is 11.2. The van der Waals surface area contributed by atoms with E-state index in [9.17, 15) is 9.59 Å². The molecule has 0 aliphatic heterocycles. The Labute approximate surface area is 196 Å². The highest BCUT2D eigenvalue weighted by molar-refractivity contribution is 9.10. The molecule has 0 atom stereocenters. The molecule has 0 radical (unpaired) electrons. The van der Waals surface area contributed by atoms with Crippen molar-refractivity contribution in [3.05, 3.63) is 67.1 Å². The van der Waals surface area contributed by atoms with E-state index in [-0.39, 0.29) is 18.1 Å². The highest BCUT2D eigenvalue weighted by Gasteiger charge is 2.14. The molecule has 0 spiro atoms. The summed E-state index contributed by atoms with van der Waals surface area (Å²) in [6, 6.07) is 10.7. The highest BCUT2D eigenvalue weighted by Crippen LogP contribution is 2.25. The van der Waals surface area contributed by atoms with Crippen molar-refractivity contribution in [2.24, 2.45) is 5.10 Å². The summed E-state index contributed by atoms with van der Waals surface area (Å²) in [6.07, 6.45) is 1.58. The Morgan fingerprint density at radius 3 is 2.68 bits per heavy atom. The lowest BCUT2D eigenvalue weighted by Gasteiger charge is -2.12. The van der Waals surface area contributed by atoms with Gasteiger partial charge in [0.25, 0.3) is 5.56 Å². The van der Waals surface area contributed by atoms with Crippen molar-refractivity contribution in [2.45, 2.75) is 26.7 Å². The van der Waals surface area contributed by atoms with Gasteiger partial charge in [-0.3, -0.25) is 4.79 Å². The number of benzene rings is 2. The maximum atomic E-state index is 13.1. The number of hydrogen-bond donors (Lipinski definition) is 0. The second kappa shape index (κ2) is 10.2. The molecule has 1 heterocycles. The maximum absolute atomic E-state index is 13.1. The van der Waals surface area contributed by atoms with Crippen LogP contribution in [0.2, 0.25) is 0 Å². The molecule has 0 saturated heterocycles. The standard InChI is InChI=1S/C22H21Br2N3O4/c1-4-30-20(28)12-31-19-8-5-14(9-17(19)24)11-25-27-21(13(2)3)26-18-7-6-15(23)10-16(18)22(27)29/h5-11,13H,4,12H2,1-3H3. The van der Waals surface area contributed by atoms with E-state index in [0.29, 0.717) is 33.6 Å². The zero-order valence-electron chi connectivity index (χ0n) is 17.3. The third-order valence-electron chi connectivity index (χ3n) is 4.28. The van der Waals surface area contributed by atoms with Gasteiger partial charge >= 0.3 is 5.97 Å². The molecule has 0 unspecified atom stereocenters. The number of ether oxygens (including phenoxy) is 2. The number of esters is 1. The van der Waals surface area contributed by atoms with Crippen molar-refractivity contribution in [1.29, 1.82) is 0 Å². The van der Waals surface area contributed by atoms with E-state index in [1.165, 1.54) is 4.68 Å². The van der Waals surface area contributed by atoms with E-state index >= 15 is 0 Å². The minimum atomic E-state index is -0.434. The minimum absolute atomic E-state index is 0.00304. The zero-order chi connectivity index (χ0) is 22.5. The highest BCUT2D eigenvalue weighted by atomic mass is 79.9. The Hall–Kier alpha value is -2.52. The molecule has 31 heavy (non-hydrogen) atoms. The van der Waals surface area contributed by atoms with Crippen LogP contribution in [0.4, 0.5) is 0 Å². The number of hydrogen-bond acceptors (Lipinski definition) is 6. The van der Waals surface area contributed by atoms with Crippen molar-refractivity contribution in [2.75, 3.05) is 13.2 Å². The second-order valence-electron chi connectivity index (χ2n) is 6.93. The number of rotatable bonds is 7. The van der Waals surface area contributed by atoms with Crippen LogP contribution < -0.4 is 10.3 Å². The van der Waals surface area contributed by atoms with Crippen molar-refractivity contribution >= 4 is 54.9 Å². The average molecular weight is 551 g/mol. The van der Waals surface area contributed by atoms with Crippen LogP contribution >= 0.6 is 31.9 Å². The summed E-state index contributed by atoms with van der Waals surface area (Å²) in [4.78, 5) is 29.2. The van der Waals surface area contributed by atoms with Crippen LogP contribution in [0.25, 0.3) is 10.9 Å². The summed E-state index contributed by atoms with van der Waals surface area (Å²) in [7, 11) is 0. The number of carbonyl (C=O) groups is 1. The summed E-state index contributed by atoms with van der Waals surface area (Å²) < 4.78 is 13.1. The Morgan fingerprint density at radius 1 is 1.23 bits per heavy atom. The molecule has 0 aliphatic carbocycles. The Morgan fingerprint density at radius 2 is 2.00 bits per heavy atom. The van der Waals surface area contributed by atoms with E-state index in [1.54, 1.807) is 37.4 Å². The van der Waals surface area contributed by atoms with Crippen molar-refractivity contribution < 1.29 is 14.3 Å². The van der Waals surface area contributed by atoms with Gasteiger partial charge < -0.3 is 9.47 Å². The van der Waals surface area contributed by atoms with E-state index < -0.39 is 5.97 Å². The first-order chi connectivity index (χ1) is 14.8. The number of fused-ring (bicyclic) bond motifs is 1. The van der Waals surface area contributed by atoms with Gasteiger partial charge in [-0.05, 0) is 64.8 Å². The molecule has 3 rings (SSSR count). The molecule has 9 heteroatoms. The second-order valence-corrected chi connectivity index (χ2v) is 8.70. The number of aromatic nitrogens is 2. The SMILES string of the molecule is CCOC(=O)COc1ccc(C=Nn2c(C(C)C)nc3ccc(Br)cc3c2=O)cc1Br. The zero-order valence-corrected chi connectivity index (χ0v) is 20.4. The van der Waals surface area contributed by atoms with E-state index in [0.717, 1.165) is 10.0 Å². The smallest absolute Gasteiger partial charge is 0.344 e. The predicted molar refractivity (Wildman–Crippen MR) is 127 cm³/mol. The van der Waals surface area contributed by atoms with E-state index in [1.807, 2.05) is 26.0 Å². The van der Waals surface area contributed by atoms with Gasteiger partial charge in [0.2, 0.25) is 0 Å². The van der Waals surface area contributed by atoms with Gasteiger partial charge in [-0.1, -0.05) is 29.8 Å². The van der Waals surface area contributed by atoms with Gasteiger partial charge in [0.1, 0.15) is 11.6 Å². The van der Waals surface area contributed by atoms with Gasteiger partial charge in [-0.2, -0.15) is 9.78 Å². The molecule has 0 saturated carbocycles. The summed E-state index contributed by atoms with van der Waals surface area (Å²) in [5, 5.41) is 4.90. The Kier molecular flexibility index (Phi) is 7.61. The average Bonchev–Trinajstić information content (AvgIpc) is 2.72. The van der Waals surface area contributed by atoms with Gasteiger partial charge in [0, 0.05) is 10.4 Å². The lowest BCUT2D eigenvalue weighted by atomic mass is 10.2. The third kappa shape index (κ3) is 5.59. The van der Waals surface area contributed by atoms with Crippen molar-refractivity contribution in [3.63, 3.8) is 0 Å². The van der Waals surface area contributed by atoms with Crippen LogP contribution in [-0.4, -0.2) is 35.1 Å². The lowest BCUT2D eigenvalue weighted by Crippen LogP contribution is -2.23. The molecular weight excluding hydrogens is 530 g/mol. The van der Waals surface area contributed by atoms with Crippen LogP contribution in [0.5, 0.6) is 5.75 Å². The first-order valence-electron chi connectivity index (χ1n) is 9.64. The molecule has 0 amide bonds. The monoisotopic (exact) mass is 549 g/mol. The topological polar surface area (TPSA) is 82.8 Å². The van der Waals surface area contributed by atoms with Gasteiger partial charge in [0.05, 0.1) is 28.2 Å². The van der Waals surface area contributed by atoms with Crippen LogP contribution in [-0.2, 0) is 9.53 Å². The molecule has 3 aromatic rings. The molecule has 7 nitrogen and oxygen atoms in total. The Balaban J connectivity index is 1.91. The van der Waals surface area contributed by atoms with E-state index in [4.69, 9.17) is 9.47 Å². The Bertz CT molecular complexity index is 1210. The van der Waals surface area contributed by atoms with Gasteiger partial charge in [-0.15, -0.1) is 0 Å². The quantitative estimate of drug-likeness (QED) is 0.309. The van der Waals surface area contributed by atoms with Crippen molar-refractivity contribution in [1.82, 2.24) is 9.66 Å². The summed E-state index contributed by atoms with van der Waals surface area (Å²) in [5.41, 5.74) is 1.14. The molecule has 162 valence electrons. The number of carbonyl (C=O) groups excluding carboxylic acids is 1. The molecule has 0 N–H and O–H groups in total. The molecule has 0 fully saturated rings. The van der Waals surface area contributed by atoms with Gasteiger partial charge in [-0.25, -0.2) is 9.78 Å². The van der Waals surface area contributed by atoms with Crippen LogP contribution in [0.15, 0.2) is 55.2 Å². The molecule has 0 bridgehead atoms. The summed E-state index contributed by atoms with van der Waals surface area (Å²) in [5.74, 6) is 0.645. The van der Waals surface area contributed by atoms with Crippen LogP contribution in [0.3, 0.4) is 0 Å². The van der Waals surface area contributed by atoms with Crippen molar-refractivity contribution in [3.8, 4) is 5.75 Å². The third-order valence-corrected chi connectivity index (χ3v) is 5.39. The first kappa shape index (κ1) is 23.1. The molecule has 1 aromatic heterocycles. The largest absolute Gasteiger partial charge is 0.481 e. The lowest BCUT2D eigenvalue weighted by molar-refractivity contribution is -0.145. The summed E-state index contributed by atoms with van der Waals surface area (Å²) in [6.45, 7) is 5.79. The fraction of sp³-hybridized carbons (Fsp3) is 0.273. The fourth-order valence-corrected chi connectivity index (χ4v) is 3.70. The van der Waals surface area contributed by atoms with Crippen LogP contribution in [0.1, 0.15) is 38.1 Å². The normalized spacial score (nSPS) is 11.4. The number of halogens is 2. The fourth-order valence-electron chi connectivity index (χ4n) is 2.83. The molecule has 2 aromatic carbocycles. The minimum Gasteiger partial charge on any atom is -0.481 e.